The predicted octanol–water partition coefficient (Wildman–Crippen LogP) is 2.29. The molecule has 1 saturated heterocycles. The molecule has 3 rings (SSSR count). The highest BCUT2D eigenvalue weighted by Gasteiger charge is 2.25. The van der Waals surface area contributed by atoms with Crippen molar-refractivity contribution in [3.05, 3.63) is 46.2 Å². The minimum atomic E-state index is 0.0656. The third-order valence-corrected chi connectivity index (χ3v) is 3.77. The number of aromatic nitrogens is 3. The Kier molecular flexibility index (Phi) is 4.00. The van der Waals surface area contributed by atoms with Gasteiger partial charge in [0.1, 0.15) is 11.8 Å². The van der Waals surface area contributed by atoms with E-state index in [1.165, 1.54) is 0 Å². The second-order valence-corrected chi connectivity index (χ2v) is 5.35. The summed E-state index contributed by atoms with van der Waals surface area (Å²) in [4.78, 5) is 0. The monoisotopic (exact) mass is 292 g/mol. The van der Waals surface area contributed by atoms with Gasteiger partial charge in [0, 0.05) is 18.2 Å². The Morgan fingerprint density at radius 1 is 1.35 bits per heavy atom. The van der Waals surface area contributed by atoms with Crippen molar-refractivity contribution in [2.45, 2.75) is 32.0 Å². The van der Waals surface area contributed by atoms with Crippen LogP contribution in [0, 0.1) is 0 Å². The molecule has 1 aliphatic heterocycles. The maximum Gasteiger partial charge on any atom is 0.102 e. The summed E-state index contributed by atoms with van der Waals surface area (Å²) in [6, 6.07) is 7.74. The van der Waals surface area contributed by atoms with Gasteiger partial charge in [-0.2, -0.15) is 0 Å². The van der Waals surface area contributed by atoms with Crippen molar-refractivity contribution in [2.75, 3.05) is 6.61 Å². The molecule has 0 bridgehead atoms. The van der Waals surface area contributed by atoms with E-state index in [0.29, 0.717) is 13.1 Å². The first-order valence-corrected chi connectivity index (χ1v) is 7.14. The Balaban J connectivity index is 1.88. The largest absolute Gasteiger partial charge is 0.372 e. The lowest BCUT2D eigenvalue weighted by Crippen LogP contribution is -2.12. The van der Waals surface area contributed by atoms with E-state index in [0.717, 1.165) is 41.4 Å². The minimum absolute atomic E-state index is 0.0656. The molecule has 1 aliphatic rings. The second-order valence-electron chi connectivity index (χ2n) is 4.91. The van der Waals surface area contributed by atoms with E-state index in [4.69, 9.17) is 22.1 Å². The van der Waals surface area contributed by atoms with E-state index >= 15 is 0 Å². The highest BCUT2D eigenvalue weighted by molar-refractivity contribution is 6.30. The lowest BCUT2D eigenvalue weighted by molar-refractivity contribution is 0.104. The van der Waals surface area contributed by atoms with E-state index in [1.54, 1.807) is 0 Å². The molecular formula is C14H17ClN4O. The summed E-state index contributed by atoms with van der Waals surface area (Å²) in [6.07, 6.45) is 2.14. The molecule has 1 atom stereocenters. The first kappa shape index (κ1) is 13.5. The molecule has 1 unspecified atom stereocenters. The third-order valence-electron chi connectivity index (χ3n) is 3.52. The Morgan fingerprint density at radius 3 is 2.80 bits per heavy atom. The van der Waals surface area contributed by atoms with Crippen LogP contribution in [0.25, 0.3) is 0 Å². The molecule has 0 saturated carbocycles. The number of ether oxygens (including phenoxy) is 1. The number of nitrogens with two attached hydrogens (primary N) is 1. The molecule has 6 heteroatoms. The van der Waals surface area contributed by atoms with Gasteiger partial charge >= 0.3 is 0 Å². The van der Waals surface area contributed by atoms with Crippen molar-refractivity contribution in [3.8, 4) is 0 Å². The van der Waals surface area contributed by atoms with Crippen LogP contribution < -0.4 is 5.73 Å². The van der Waals surface area contributed by atoms with Gasteiger partial charge in [-0.05, 0) is 30.5 Å². The minimum Gasteiger partial charge on any atom is -0.372 e. The van der Waals surface area contributed by atoms with Gasteiger partial charge in [0.05, 0.1) is 12.2 Å². The zero-order valence-corrected chi connectivity index (χ0v) is 11.9. The molecule has 2 N–H and O–H groups in total. The van der Waals surface area contributed by atoms with Gasteiger partial charge in [0.25, 0.3) is 0 Å². The van der Waals surface area contributed by atoms with Gasteiger partial charge in [-0.15, -0.1) is 5.10 Å². The van der Waals surface area contributed by atoms with Crippen LogP contribution in [0.5, 0.6) is 0 Å². The van der Waals surface area contributed by atoms with Crippen molar-refractivity contribution in [1.29, 1.82) is 0 Å². The van der Waals surface area contributed by atoms with Crippen molar-refractivity contribution in [3.63, 3.8) is 0 Å². The molecule has 0 radical (unpaired) electrons. The van der Waals surface area contributed by atoms with Gasteiger partial charge in [-0.3, -0.25) is 0 Å². The molecule has 1 fully saturated rings. The summed E-state index contributed by atoms with van der Waals surface area (Å²) in [5, 5.41) is 9.13. The van der Waals surface area contributed by atoms with E-state index in [2.05, 4.69) is 10.3 Å². The average molecular weight is 293 g/mol. The van der Waals surface area contributed by atoms with Gasteiger partial charge in [0.2, 0.25) is 0 Å². The standard InChI is InChI=1S/C14H17ClN4O/c15-11-5-3-10(4-6-11)9-19-14(12(8-16)17-18-19)13-2-1-7-20-13/h3-6,13H,1-2,7-9,16H2. The number of nitrogens with zero attached hydrogens (tertiary/aromatic N) is 3. The van der Waals surface area contributed by atoms with Gasteiger partial charge in [-0.1, -0.05) is 28.9 Å². The van der Waals surface area contributed by atoms with Crippen LogP contribution in [0.4, 0.5) is 0 Å². The Morgan fingerprint density at radius 2 is 2.15 bits per heavy atom. The summed E-state index contributed by atoms with van der Waals surface area (Å²) in [5.74, 6) is 0. The zero-order valence-electron chi connectivity index (χ0n) is 11.1. The Hall–Kier alpha value is -1.43. The van der Waals surface area contributed by atoms with E-state index < -0.39 is 0 Å². The molecule has 106 valence electrons. The fourth-order valence-electron chi connectivity index (χ4n) is 2.53. The summed E-state index contributed by atoms with van der Waals surface area (Å²) >= 11 is 5.90. The number of rotatable bonds is 4. The summed E-state index contributed by atoms with van der Waals surface area (Å²) in [6.45, 7) is 1.83. The van der Waals surface area contributed by atoms with Gasteiger partial charge in [-0.25, -0.2) is 4.68 Å². The quantitative estimate of drug-likeness (QED) is 0.939. The molecule has 2 heterocycles. The second kappa shape index (κ2) is 5.91. The van der Waals surface area contributed by atoms with Gasteiger partial charge in [0.15, 0.2) is 0 Å². The highest BCUT2D eigenvalue weighted by atomic mass is 35.5. The zero-order chi connectivity index (χ0) is 13.9. The number of halogens is 1. The van der Waals surface area contributed by atoms with Crippen LogP contribution in [0.3, 0.4) is 0 Å². The number of benzene rings is 1. The molecule has 0 amide bonds. The Bertz CT molecular complexity index is 575. The molecule has 20 heavy (non-hydrogen) atoms. The van der Waals surface area contributed by atoms with Crippen molar-refractivity contribution in [1.82, 2.24) is 15.0 Å². The van der Waals surface area contributed by atoms with E-state index in [-0.39, 0.29) is 6.10 Å². The maximum absolute atomic E-state index is 5.90. The first-order chi connectivity index (χ1) is 9.78. The highest BCUT2D eigenvalue weighted by Crippen LogP contribution is 2.30. The molecular weight excluding hydrogens is 276 g/mol. The molecule has 0 spiro atoms. The fraction of sp³-hybridized carbons (Fsp3) is 0.429. The Labute approximate surface area is 122 Å². The lowest BCUT2D eigenvalue weighted by Gasteiger charge is -2.13. The maximum atomic E-state index is 5.90. The number of hydrogen-bond acceptors (Lipinski definition) is 4. The van der Waals surface area contributed by atoms with Crippen LogP contribution in [0.2, 0.25) is 5.02 Å². The SMILES string of the molecule is NCc1nnn(Cc2ccc(Cl)cc2)c1C1CCCO1. The lowest BCUT2D eigenvalue weighted by atomic mass is 10.1. The summed E-state index contributed by atoms with van der Waals surface area (Å²) in [5.41, 5.74) is 8.72. The average Bonchev–Trinajstić information content (AvgIpc) is 3.10. The predicted molar refractivity (Wildman–Crippen MR) is 76.4 cm³/mol. The summed E-state index contributed by atoms with van der Waals surface area (Å²) in [7, 11) is 0. The topological polar surface area (TPSA) is 66.0 Å². The van der Waals surface area contributed by atoms with Gasteiger partial charge < -0.3 is 10.5 Å². The van der Waals surface area contributed by atoms with E-state index in [9.17, 15) is 0 Å². The smallest absolute Gasteiger partial charge is 0.102 e. The summed E-state index contributed by atoms with van der Waals surface area (Å²) < 4.78 is 7.65. The van der Waals surface area contributed by atoms with Crippen LogP contribution in [0.1, 0.15) is 35.9 Å². The van der Waals surface area contributed by atoms with Crippen LogP contribution in [0.15, 0.2) is 24.3 Å². The molecule has 1 aromatic heterocycles. The normalized spacial score (nSPS) is 18.6. The van der Waals surface area contributed by atoms with Crippen LogP contribution in [-0.4, -0.2) is 21.6 Å². The number of hydrogen-bond donors (Lipinski definition) is 1. The van der Waals surface area contributed by atoms with Crippen molar-refractivity contribution >= 4 is 11.6 Å². The fourth-order valence-corrected chi connectivity index (χ4v) is 2.65. The third kappa shape index (κ3) is 2.70. The molecule has 1 aromatic carbocycles. The van der Waals surface area contributed by atoms with Crippen LogP contribution >= 0.6 is 11.6 Å². The van der Waals surface area contributed by atoms with Crippen molar-refractivity contribution < 1.29 is 4.74 Å². The molecule has 5 nitrogen and oxygen atoms in total. The molecule has 2 aromatic rings. The van der Waals surface area contributed by atoms with E-state index in [1.807, 2.05) is 28.9 Å². The molecule has 0 aliphatic carbocycles. The first-order valence-electron chi connectivity index (χ1n) is 6.76. The van der Waals surface area contributed by atoms with Crippen molar-refractivity contribution in [2.24, 2.45) is 5.73 Å². The van der Waals surface area contributed by atoms with Crippen LogP contribution in [-0.2, 0) is 17.8 Å².